The molecule has 0 amide bonds. The van der Waals surface area contributed by atoms with Gasteiger partial charge in [0.15, 0.2) is 0 Å². The topological polar surface area (TPSA) is 37.3 Å². The quantitative estimate of drug-likeness (QED) is 0.674. The smallest absolute Gasteiger partial charge is 0.328 e. The van der Waals surface area contributed by atoms with Gasteiger partial charge in [-0.25, -0.2) is 4.79 Å². The van der Waals surface area contributed by atoms with E-state index in [4.69, 9.17) is 51.5 Å². The van der Waals surface area contributed by atoms with Crippen molar-refractivity contribution in [2.24, 2.45) is 0 Å². The first kappa shape index (κ1) is 16.2. The summed E-state index contributed by atoms with van der Waals surface area (Å²) in [6.07, 6.45) is 2.46. The van der Waals surface area contributed by atoms with E-state index in [0.717, 1.165) is 6.08 Å². The van der Waals surface area contributed by atoms with Crippen molar-refractivity contribution in [3.05, 3.63) is 62.1 Å². The normalized spacial score (nSPS) is 11.0. The summed E-state index contributed by atoms with van der Waals surface area (Å²) < 4.78 is 0. The van der Waals surface area contributed by atoms with Crippen molar-refractivity contribution < 1.29 is 9.90 Å². The van der Waals surface area contributed by atoms with Gasteiger partial charge in [-0.05, 0) is 29.8 Å². The molecule has 0 aliphatic carbocycles. The molecule has 2 rings (SSSR count). The second-order valence-electron chi connectivity index (χ2n) is 4.12. The third-order valence-corrected chi connectivity index (χ3v) is 3.84. The molecule has 0 aliphatic rings. The van der Waals surface area contributed by atoms with Crippen LogP contribution in [0.1, 0.15) is 5.56 Å². The average molecular weight is 362 g/mol. The number of carbonyl (C=O) groups is 1. The summed E-state index contributed by atoms with van der Waals surface area (Å²) in [5.41, 5.74) is 1.66. The zero-order valence-electron chi connectivity index (χ0n) is 10.4. The number of hydrogen-bond donors (Lipinski definition) is 1. The highest BCUT2D eigenvalue weighted by Crippen LogP contribution is 2.42. The molecule has 0 unspecified atom stereocenters. The molecule has 0 aliphatic heterocycles. The Morgan fingerprint density at radius 1 is 0.952 bits per heavy atom. The van der Waals surface area contributed by atoms with Crippen molar-refractivity contribution in [2.45, 2.75) is 0 Å². The highest BCUT2D eigenvalue weighted by Gasteiger charge is 2.16. The molecule has 0 aromatic heterocycles. The van der Waals surface area contributed by atoms with Crippen molar-refractivity contribution >= 4 is 58.4 Å². The fourth-order valence-corrected chi connectivity index (χ4v) is 3.17. The molecule has 21 heavy (non-hydrogen) atoms. The highest BCUT2D eigenvalue weighted by atomic mass is 35.5. The maximum atomic E-state index is 10.7. The van der Waals surface area contributed by atoms with Crippen LogP contribution in [-0.2, 0) is 4.79 Å². The van der Waals surface area contributed by atoms with Gasteiger partial charge < -0.3 is 5.11 Å². The fourth-order valence-electron chi connectivity index (χ4n) is 1.89. The van der Waals surface area contributed by atoms with E-state index >= 15 is 0 Å². The maximum absolute atomic E-state index is 10.7. The molecule has 6 heteroatoms. The Kier molecular flexibility index (Phi) is 5.17. The number of benzene rings is 2. The van der Waals surface area contributed by atoms with E-state index < -0.39 is 5.97 Å². The molecule has 0 saturated carbocycles. The van der Waals surface area contributed by atoms with Crippen molar-refractivity contribution in [3.63, 3.8) is 0 Å². The average Bonchev–Trinajstić information content (AvgIpc) is 2.37. The van der Waals surface area contributed by atoms with Crippen LogP contribution < -0.4 is 0 Å². The van der Waals surface area contributed by atoms with Gasteiger partial charge in [0.2, 0.25) is 0 Å². The molecule has 0 fully saturated rings. The van der Waals surface area contributed by atoms with Gasteiger partial charge in [-0.3, -0.25) is 0 Å². The Morgan fingerprint density at radius 3 is 2.14 bits per heavy atom. The second-order valence-corrected chi connectivity index (χ2v) is 5.78. The molecule has 108 valence electrons. The van der Waals surface area contributed by atoms with E-state index in [1.165, 1.54) is 6.08 Å². The van der Waals surface area contributed by atoms with Crippen LogP contribution in [-0.4, -0.2) is 11.1 Å². The number of halogens is 4. The summed E-state index contributed by atoms with van der Waals surface area (Å²) in [6, 6.07) is 8.22. The van der Waals surface area contributed by atoms with E-state index in [0.29, 0.717) is 36.8 Å². The van der Waals surface area contributed by atoms with Gasteiger partial charge in [-0.2, -0.15) is 0 Å². The fraction of sp³-hybridized carbons (Fsp3) is 0. The maximum Gasteiger partial charge on any atom is 0.328 e. The number of carboxylic acids is 1. The van der Waals surface area contributed by atoms with Gasteiger partial charge in [0, 0.05) is 27.2 Å². The summed E-state index contributed by atoms with van der Waals surface area (Å²) in [5.74, 6) is -1.06. The van der Waals surface area contributed by atoms with Crippen LogP contribution in [0.15, 0.2) is 36.4 Å². The molecule has 0 bridgehead atoms. The molecule has 2 nitrogen and oxygen atoms in total. The van der Waals surface area contributed by atoms with Crippen molar-refractivity contribution in [3.8, 4) is 11.1 Å². The van der Waals surface area contributed by atoms with Gasteiger partial charge >= 0.3 is 5.97 Å². The largest absolute Gasteiger partial charge is 0.478 e. The van der Waals surface area contributed by atoms with Crippen LogP contribution in [0.4, 0.5) is 0 Å². The summed E-state index contributed by atoms with van der Waals surface area (Å²) in [5, 5.41) is 10.3. The number of aliphatic carboxylic acids is 1. The summed E-state index contributed by atoms with van der Waals surface area (Å²) in [6.45, 7) is 0. The Labute approximate surface area is 141 Å². The summed E-state index contributed by atoms with van der Waals surface area (Å²) in [4.78, 5) is 10.7. The molecular weight excluding hydrogens is 354 g/mol. The molecular formula is C15H8Cl4O2. The van der Waals surface area contributed by atoms with Crippen LogP contribution in [0, 0.1) is 0 Å². The van der Waals surface area contributed by atoms with Crippen LogP contribution in [0.5, 0.6) is 0 Å². The lowest BCUT2D eigenvalue weighted by Gasteiger charge is -2.13. The van der Waals surface area contributed by atoms with Crippen molar-refractivity contribution in [2.75, 3.05) is 0 Å². The molecule has 0 heterocycles. The summed E-state index contributed by atoms with van der Waals surface area (Å²) >= 11 is 24.5. The predicted octanol–water partition coefficient (Wildman–Crippen LogP) is 6.07. The monoisotopic (exact) mass is 360 g/mol. The third kappa shape index (κ3) is 3.72. The molecule has 1 N–H and O–H groups in total. The summed E-state index contributed by atoms with van der Waals surface area (Å²) in [7, 11) is 0. The lowest BCUT2D eigenvalue weighted by Crippen LogP contribution is -1.90. The molecule has 0 saturated heterocycles. The van der Waals surface area contributed by atoms with Crippen LogP contribution in [0.2, 0.25) is 20.1 Å². The Balaban J connectivity index is 2.72. The van der Waals surface area contributed by atoms with Gasteiger partial charge in [0.05, 0.1) is 10.0 Å². The van der Waals surface area contributed by atoms with Crippen LogP contribution in [0.3, 0.4) is 0 Å². The molecule has 0 radical (unpaired) electrons. The number of hydrogen-bond acceptors (Lipinski definition) is 1. The standard InChI is InChI=1S/C15H8Cl4O2/c16-9-6-11(18)15(12(19)7-9)14-8(4-5-13(20)21)2-1-3-10(14)17/h1-7H,(H,20,21)/b5-4-. The van der Waals surface area contributed by atoms with E-state index in [-0.39, 0.29) is 0 Å². The predicted molar refractivity (Wildman–Crippen MR) is 88.6 cm³/mol. The second kappa shape index (κ2) is 6.71. The van der Waals surface area contributed by atoms with Gasteiger partial charge in [0.1, 0.15) is 0 Å². The van der Waals surface area contributed by atoms with E-state index in [1.807, 2.05) is 0 Å². The van der Waals surface area contributed by atoms with Gasteiger partial charge in [-0.1, -0.05) is 58.5 Å². The first-order valence-corrected chi connectivity index (χ1v) is 7.25. The van der Waals surface area contributed by atoms with Crippen LogP contribution >= 0.6 is 46.4 Å². The lowest BCUT2D eigenvalue weighted by molar-refractivity contribution is -0.131. The van der Waals surface area contributed by atoms with E-state index in [9.17, 15) is 4.79 Å². The van der Waals surface area contributed by atoms with E-state index in [2.05, 4.69) is 0 Å². The van der Waals surface area contributed by atoms with E-state index in [1.54, 1.807) is 30.3 Å². The molecule has 2 aromatic rings. The molecule has 0 spiro atoms. The SMILES string of the molecule is O=C(O)/C=C\c1cccc(Cl)c1-c1c(Cl)cc(Cl)cc1Cl. The minimum absolute atomic E-state index is 0.338. The Bertz CT molecular complexity index is 715. The van der Waals surface area contributed by atoms with Gasteiger partial charge in [-0.15, -0.1) is 0 Å². The minimum Gasteiger partial charge on any atom is -0.478 e. The molecule has 2 aromatic carbocycles. The van der Waals surface area contributed by atoms with Gasteiger partial charge in [0.25, 0.3) is 0 Å². The highest BCUT2D eigenvalue weighted by molar-refractivity contribution is 6.43. The molecule has 0 atom stereocenters. The zero-order chi connectivity index (χ0) is 15.6. The number of rotatable bonds is 3. The number of carboxylic acid groups (broad SMARTS) is 1. The zero-order valence-corrected chi connectivity index (χ0v) is 13.4. The first-order valence-electron chi connectivity index (χ1n) is 5.74. The van der Waals surface area contributed by atoms with Crippen LogP contribution in [0.25, 0.3) is 17.2 Å². The third-order valence-electron chi connectivity index (χ3n) is 2.71. The lowest BCUT2D eigenvalue weighted by atomic mass is 9.99. The Hall–Kier alpha value is -1.19. The Morgan fingerprint density at radius 2 is 1.57 bits per heavy atom. The minimum atomic E-state index is -1.06. The first-order chi connectivity index (χ1) is 9.90. The van der Waals surface area contributed by atoms with Crippen molar-refractivity contribution in [1.29, 1.82) is 0 Å². The van der Waals surface area contributed by atoms with Crippen molar-refractivity contribution in [1.82, 2.24) is 0 Å².